The van der Waals surface area contributed by atoms with E-state index in [0.717, 1.165) is 23.7 Å². The Bertz CT molecular complexity index is 645. The van der Waals surface area contributed by atoms with Crippen LogP contribution >= 0.6 is 11.3 Å². The molecule has 0 aromatic carbocycles. The molecule has 1 saturated carbocycles. The topological polar surface area (TPSA) is 97.9 Å². The average Bonchev–Trinajstić information content (AvgIpc) is 3.03. The van der Waals surface area contributed by atoms with E-state index in [1.165, 1.54) is 11.3 Å². The monoisotopic (exact) mass is 306 g/mol. The zero-order valence-corrected chi connectivity index (χ0v) is 12.6. The number of thiazole rings is 1. The Morgan fingerprint density at radius 2 is 2.38 bits per heavy atom. The molecule has 8 heteroatoms. The minimum Gasteiger partial charge on any atom is -0.382 e. The van der Waals surface area contributed by atoms with Crippen molar-refractivity contribution in [2.45, 2.75) is 25.3 Å². The van der Waals surface area contributed by atoms with Crippen LogP contribution in [0.25, 0.3) is 0 Å². The summed E-state index contributed by atoms with van der Waals surface area (Å²) < 4.78 is 1.74. The number of nitrogen functional groups attached to an aromatic ring is 1. The fourth-order valence-corrected chi connectivity index (χ4v) is 2.82. The van der Waals surface area contributed by atoms with Crippen LogP contribution in [0.15, 0.2) is 12.3 Å². The van der Waals surface area contributed by atoms with E-state index < -0.39 is 0 Å². The molecule has 2 heterocycles. The summed E-state index contributed by atoms with van der Waals surface area (Å²) in [7, 11) is 1.87. The summed E-state index contributed by atoms with van der Waals surface area (Å²) >= 11 is 1.31. The number of rotatable bonds is 6. The van der Waals surface area contributed by atoms with Crippen molar-refractivity contribution in [3.63, 3.8) is 0 Å². The number of amides is 1. The van der Waals surface area contributed by atoms with Crippen molar-refractivity contribution in [2.24, 2.45) is 7.05 Å². The van der Waals surface area contributed by atoms with E-state index in [1.54, 1.807) is 4.68 Å². The summed E-state index contributed by atoms with van der Waals surface area (Å²) in [5.74, 6) is 0.114. The fourth-order valence-electron chi connectivity index (χ4n) is 1.94. The van der Waals surface area contributed by atoms with E-state index in [0.29, 0.717) is 29.7 Å². The first kappa shape index (κ1) is 13.9. The van der Waals surface area contributed by atoms with E-state index in [9.17, 15) is 4.79 Å². The van der Waals surface area contributed by atoms with Gasteiger partial charge in [0.05, 0.1) is 5.69 Å². The van der Waals surface area contributed by atoms with Crippen LogP contribution < -0.4 is 16.4 Å². The SMILES string of the molecule is Cn1ccc(CCNC(=O)c2sc(NC3CC3)nc2N)n1. The summed E-state index contributed by atoms with van der Waals surface area (Å²) in [6.45, 7) is 0.526. The normalized spacial score (nSPS) is 14.1. The summed E-state index contributed by atoms with van der Waals surface area (Å²) in [6, 6.07) is 2.43. The Morgan fingerprint density at radius 1 is 1.57 bits per heavy atom. The van der Waals surface area contributed by atoms with Gasteiger partial charge in [0.15, 0.2) is 5.13 Å². The molecule has 112 valence electrons. The Hall–Kier alpha value is -2.09. The minimum absolute atomic E-state index is 0.176. The van der Waals surface area contributed by atoms with Crippen LogP contribution in [0.5, 0.6) is 0 Å². The number of nitrogens with zero attached hydrogens (tertiary/aromatic N) is 3. The molecule has 4 N–H and O–H groups in total. The van der Waals surface area contributed by atoms with Crippen molar-refractivity contribution in [1.82, 2.24) is 20.1 Å². The van der Waals surface area contributed by atoms with E-state index in [2.05, 4.69) is 20.7 Å². The first-order valence-corrected chi connectivity index (χ1v) is 7.73. The molecule has 1 aliphatic rings. The molecule has 3 rings (SSSR count). The molecule has 0 spiro atoms. The third kappa shape index (κ3) is 3.52. The predicted octanol–water partition coefficient (Wildman–Crippen LogP) is 1.01. The number of carbonyl (C=O) groups excluding carboxylic acids is 1. The highest BCUT2D eigenvalue weighted by atomic mass is 32.1. The molecule has 1 amide bonds. The number of nitrogens with one attached hydrogen (secondary N) is 2. The van der Waals surface area contributed by atoms with Crippen LogP contribution in [0.3, 0.4) is 0 Å². The van der Waals surface area contributed by atoms with Gasteiger partial charge >= 0.3 is 0 Å². The van der Waals surface area contributed by atoms with Gasteiger partial charge in [-0.25, -0.2) is 4.98 Å². The lowest BCUT2D eigenvalue weighted by Crippen LogP contribution is -2.25. The standard InChI is InChI=1S/C13H18N6OS/c1-19-7-5-9(18-19)4-6-15-12(20)10-11(14)17-13(21-10)16-8-2-3-8/h5,7-8H,2-4,6,14H2,1H3,(H,15,20)(H,16,17). The molecule has 1 fully saturated rings. The van der Waals surface area contributed by atoms with Crippen molar-refractivity contribution in [3.8, 4) is 0 Å². The summed E-state index contributed by atoms with van der Waals surface area (Å²) in [5.41, 5.74) is 6.76. The number of carbonyl (C=O) groups is 1. The molecule has 0 bridgehead atoms. The van der Waals surface area contributed by atoms with Crippen LogP contribution in [0, 0.1) is 0 Å². The van der Waals surface area contributed by atoms with Crippen LogP contribution in [0.1, 0.15) is 28.2 Å². The second kappa shape index (κ2) is 5.72. The highest BCUT2D eigenvalue weighted by molar-refractivity contribution is 7.18. The van der Waals surface area contributed by atoms with Gasteiger partial charge in [0.1, 0.15) is 10.7 Å². The Kier molecular flexibility index (Phi) is 3.78. The van der Waals surface area contributed by atoms with Gasteiger partial charge in [0.2, 0.25) is 0 Å². The third-order valence-electron chi connectivity index (χ3n) is 3.20. The molecule has 0 aliphatic heterocycles. The van der Waals surface area contributed by atoms with Crippen LogP contribution in [0.2, 0.25) is 0 Å². The number of hydrogen-bond acceptors (Lipinski definition) is 6. The van der Waals surface area contributed by atoms with Gasteiger partial charge in [-0.3, -0.25) is 9.48 Å². The van der Waals surface area contributed by atoms with Gasteiger partial charge < -0.3 is 16.4 Å². The minimum atomic E-state index is -0.176. The molecule has 7 nitrogen and oxygen atoms in total. The number of aryl methyl sites for hydroxylation is 1. The first-order valence-electron chi connectivity index (χ1n) is 6.91. The number of nitrogens with two attached hydrogens (primary N) is 1. The van der Waals surface area contributed by atoms with Gasteiger partial charge in [0.25, 0.3) is 5.91 Å². The highest BCUT2D eigenvalue weighted by Crippen LogP contribution is 2.30. The lowest BCUT2D eigenvalue weighted by molar-refractivity contribution is 0.0959. The maximum absolute atomic E-state index is 12.1. The molecular weight excluding hydrogens is 288 g/mol. The lowest BCUT2D eigenvalue weighted by atomic mass is 10.3. The smallest absolute Gasteiger partial charge is 0.265 e. The van der Waals surface area contributed by atoms with Gasteiger partial charge in [-0.15, -0.1) is 0 Å². The summed E-state index contributed by atoms with van der Waals surface area (Å²) in [6.07, 6.45) is 4.89. The first-order chi connectivity index (χ1) is 10.1. The maximum Gasteiger partial charge on any atom is 0.265 e. The quantitative estimate of drug-likeness (QED) is 0.740. The molecule has 0 saturated heterocycles. The van der Waals surface area contributed by atoms with E-state index >= 15 is 0 Å². The number of anilines is 2. The second-order valence-corrected chi connectivity index (χ2v) is 6.14. The lowest BCUT2D eigenvalue weighted by Gasteiger charge is -2.02. The van der Waals surface area contributed by atoms with Crippen LogP contribution in [0.4, 0.5) is 10.9 Å². The number of hydrogen-bond donors (Lipinski definition) is 3. The molecule has 21 heavy (non-hydrogen) atoms. The van der Waals surface area contributed by atoms with Gasteiger partial charge in [-0.05, 0) is 18.9 Å². The van der Waals surface area contributed by atoms with Crippen molar-refractivity contribution < 1.29 is 4.79 Å². The number of aromatic nitrogens is 3. The van der Waals surface area contributed by atoms with Crippen molar-refractivity contribution >= 4 is 28.2 Å². The molecule has 2 aromatic heterocycles. The molecule has 1 aliphatic carbocycles. The zero-order chi connectivity index (χ0) is 14.8. The molecule has 0 radical (unpaired) electrons. The van der Waals surface area contributed by atoms with Gasteiger partial charge in [0, 0.05) is 32.3 Å². The Labute approximate surface area is 126 Å². The third-order valence-corrected chi connectivity index (χ3v) is 4.20. The Balaban J connectivity index is 1.53. The average molecular weight is 306 g/mol. The van der Waals surface area contributed by atoms with E-state index in [-0.39, 0.29) is 5.91 Å². The molecule has 2 aromatic rings. The summed E-state index contributed by atoms with van der Waals surface area (Å²) in [4.78, 5) is 16.8. The zero-order valence-electron chi connectivity index (χ0n) is 11.8. The van der Waals surface area contributed by atoms with Crippen molar-refractivity contribution in [1.29, 1.82) is 0 Å². The highest BCUT2D eigenvalue weighted by Gasteiger charge is 2.24. The largest absolute Gasteiger partial charge is 0.382 e. The van der Waals surface area contributed by atoms with Crippen LogP contribution in [-0.4, -0.2) is 33.3 Å². The second-order valence-electron chi connectivity index (χ2n) is 5.14. The maximum atomic E-state index is 12.1. The summed E-state index contributed by atoms with van der Waals surface area (Å²) in [5, 5.41) is 11.1. The van der Waals surface area contributed by atoms with Gasteiger partial charge in [-0.1, -0.05) is 11.3 Å². The van der Waals surface area contributed by atoms with E-state index in [4.69, 9.17) is 5.73 Å². The molecule has 0 atom stereocenters. The molecular formula is C13H18N6OS. The van der Waals surface area contributed by atoms with Crippen LogP contribution in [-0.2, 0) is 13.5 Å². The van der Waals surface area contributed by atoms with Crippen molar-refractivity contribution in [2.75, 3.05) is 17.6 Å². The predicted molar refractivity (Wildman–Crippen MR) is 82.4 cm³/mol. The Morgan fingerprint density at radius 3 is 3.05 bits per heavy atom. The molecule has 0 unspecified atom stereocenters. The van der Waals surface area contributed by atoms with E-state index in [1.807, 2.05) is 19.3 Å². The van der Waals surface area contributed by atoms with Gasteiger partial charge in [-0.2, -0.15) is 5.10 Å². The van der Waals surface area contributed by atoms with Crippen molar-refractivity contribution in [3.05, 3.63) is 22.8 Å². The fraction of sp³-hybridized carbons (Fsp3) is 0.462.